The number of para-hydroxylation sites is 1. The Kier molecular flexibility index (Phi) is 4.77. The lowest BCUT2D eigenvalue weighted by Gasteiger charge is -2.33. The van der Waals surface area contributed by atoms with E-state index in [1.807, 2.05) is 6.07 Å². The lowest BCUT2D eigenvalue weighted by Crippen LogP contribution is -2.34. The molecule has 0 spiro atoms. The average molecular weight is 388 g/mol. The second kappa shape index (κ2) is 7.40. The Labute approximate surface area is 167 Å². The number of nitrogens with zero attached hydrogens (tertiary/aromatic N) is 4. The van der Waals surface area contributed by atoms with Crippen LogP contribution < -0.4 is 4.90 Å². The Morgan fingerprint density at radius 3 is 2.62 bits per heavy atom. The number of carbonyl (C=O) groups is 1. The van der Waals surface area contributed by atoms with Crippen molar-refractivity contribution in [2.45, 2.75) is 19.8 Å². The monoisotopic (exact) mass is 388 g/mol. The van der Waals surface area contributed by atoms with Crippen LogP contribution in [0.15, 0.2) is 48.7 Å². The number of benzene rings is 2. The molecule has 7 nitrogen and oxygen atoms in total. The number of nitro groups is 1. The second-order valence-electron chi connectivity index (χ2n) is 7.48. The smallest absolute Gasteiger partial charge is 0.270 e. The zero-order valence-electron chi connectivity index (χ0n) is 16.0. The fraction of sp³-hybridized carbons (Fsp3) is 0.273. The summed E-state index contributed by atoms with van der Waals surface area (Å²) in [6, 6.07) is 13.7. The van der Waals surface area contributed by atoms with E-state index >= 15 is 0 Å². The molecule has 0 bridgehead atoms. The molecular formula is C22H20N4O3. The second-order valence-corrected chi connectivity index (χ2v) is 7.48. The highest BCUT2D eigenvalue weighted by atomic mass is 16.6. The Morgan fingerprint density at radius 2 is 1.93 bits per heavy atom. The number of non-ortho nitro benzene ring substituents is 1. The highest BCUT2D eigenvalue weighted by Gasteiger charge is 2.25. The van der Waals surface area contributed by atoms with Crippen molar-refractivity contribution in [1.82, 2.24) is 4.57 Å². The quantitative estimate of drug-likeness (QED) is 0.491. The molecule has 0 amide bonds. The van der Waals surface area contributed by atoms with Crippen molar-refractivity contribution in [3.63, 3.8) is 0 Å². The average Bonchev–Trinajstić information content (AvgIpc) is 3.12. The van der Waals surface area contributed by atoms with Gasteiger partial charge in [0.15, 0.2) is 0 Å². The molecule has 2 heterocycles. The molecular weight excluding hydrogens is 368 g/mol. The van der Waals surface area contributed by atoms with Gasteiger partial charge in [-0.2, -0.15) is 5.26 Å². The summed E-state index contributed by atoms with van der Waals surface area (Å²) >= 11 is 0. The van der Waals surface area contributed by atoms with Gasteiger partial charge in [0.05, 0.1) is 27.3 Å². The van der Waals surface area contributed by atoms with E-state index in [1.165, 1.54) is 22.9 Å². The van der Waals surface area contributed by atoms with Gasteiger partial charge >= 0.3 is 0 Å². The van der Waals surface area contributed by atoms with Gasteiger partial charge in [-0.05, 0) is 30.9 Å². The summed E-state index contributed by atoms with van der Waals surface area (Å²) in [6.07, 6.45) is 3.53. The minimum Gasteiger partial charge on any atom is -0.371 e. The number of aromatic nitrogens is 1. The maximum absolute atomic E-state index is 13.5. The molecule has 146 valence electrons. The van der Waals surface area contributed by atoms with Crippen LogP contribution in [0.4, 0.5) is 11.4 Å². The molecule has 1 fully saturated rings. The van der Waals surface area contributed by atoms with E-state index in [0.29, 0.717) is 28.1 Å². The fourth-order valence-corrected chi connectivity index (χ4v) is 3.90. The van der Waals surface area contributed by atoms with E-state index in [2.05, 4.69) is 17.9 Å². The Morgan fingerprint density at radius 1 is 1.21 bits per heavy atom. The van der Waals surface area contributed by atoms with Crippen molar-refractivity contribution in [3.8, 4) is 6.07 Å². The number of anilines is 1. The zero-order chi connectivity index (χ0) is 20.5. The van der Waals surface area contributed by atoms with Crippen LogP contribution in [0.25, 0.3) is 10.9 Å². The Balaban J connectivity index is 1.85. The van der Waals surface area contributed by atoms with Crippen molar-refractivity contribution < 1.29 is 9.72 Å². The highest BCUT2D eigenvalue weighted by Crippen LogP contribution is 2.31. The third-order valence-corrected chi connectivity index (χ3v) is 5.60. The lowest BCUT2D eigenvalue weighted by molar-refractivity contribution is -0.384. The van der Waals surface area contributed by atoms with Crippen LogP contribution in [0.2, 0.25) is 0 Å². The molecule has 1 saturated heterocycles. The molecule has 0 atom stereocenters. The van der Waals surface area contributed by atoms with Crippen LogP contribution in [0.1, 0.15) is 35.7 Å². The van der Waals surface area contributed by atoms with E-state index in [4.69, 9.17) is 0 Å². The number of hydrogen-bond acceptors (Lipinski definition) is 5. The molecule has 3 aromatic rings. The molecule has 0 radical (unpaired) electrons. The predicted octanol–water partition coefficient (Wildman–Crippen LogP) is 4.35. The third kappa shape index (κ3) is 3.34. The van der Waals surface area contributed by atoms with Gasteiger partial charge in [0, 0.05) is 36.8 Å². The molecule has 0 aliphatic carbocycles. The summed E-state index contributed by atoms with van der Waals surface area (Å²) < 4.78 is 1.42. The van der Waals surface area contributed by atoms with Gasteiger partial charge in [-0.1, -0.05) is 25.1 Å². The maximum Gasteiger partial charge on any atom is 0.270 e. The molecule has 1 aliphatic heterocycles. The summed E-state index contributed by atoms with van der Waals surface area (Å²) in [5.41, 5.74) is 1.86. The summed E-state index contributed by atoms with van der Waals surface area (Å²) in [5.74, 6) is 0.245. The van der Waals surface area contributed by atoms with Gasteiger partial charge in [0.1, 0.15) is 6.07 Å². The van der Waals surface area contributed by atoms with Crippen LogP contribution in [0.3, 0.4) is 0 Å². The zero-order valence-corrected chi connectivity index (χ0v) is 16.0. The lowest BCUT2D eigenvalue weighted by atomic mass is 9.98. The van der Waals surface area contributed by atoms with Crippen LogP contribution in [-0.2, 0) is 0 Å². The van der Waals surface area contributed by atoms with Gasteiger partial charge < -0.3 is 4.90 Å². The number of nitriles is 1. The number of piperidine rings is 1. The van der Waals surface area contributed by atoms with Crippen molar-refractivity contribution in [2.24, 2.45) is 5.92 Å². The maximum atomic E-state index is 13.5. The summed E-state index contributed by atoms with van der Waals surface area (Å²) in [5, 5.41) is 21.4. The van der Waals surface area contributed by atoms with Gasteiger partial charge in [-0.25, -0.2) is 0 Å². The Hall–Kier alpha value is -3.66. The highest BCUT2D eigenvalue weighted by molar-refractivity contribution is 6.07. The molecule has 1 aromatic heterocycles. The van der Waals surface area contributed by atoms with Crippen molar-refractivity contribution >= 4 is 28.2 Å². The van der Waals surface area contributed by atoms with Gasteiger partial charge in [0.2, 0.25) is 0 Å². The van der Waals surface area contributed by atoms with E-state index < -0.39 is 4.92 Å². The van der Waals surface area contributed by atoms with E-state index in [-0.39, 0.29) is 17.2 Å². The first-order chi connectivity index (χ1) is 14.0. The summed E-state index contributed by atoms with van der Waals surface area (Å²) in [4.78, 5) is 26.5. The third-order valence-electron chi connectivity index (χ3n) is 5.60. The van der Waals surface area contributed by atoms with Gasteiger partial charge in [-0.15, -0.1) is 0 Å². The molecule has 0 unspecified atom stereocenters. The normalized spacial score (nSPS) is 14.7. The van der Waals surface area contributed by atoms with E-state index in [9.17, 15) is 20.2 Å². The SMILES string of the molecule is CC1CCN(c2ccc([N+](=O)[O-])cc2C(=O)n2cc(C#N)c3ccccc32)CC1. The van der Waals surface area contributed by atoms with Crippen LogP contribution in [0, 0.1) is 27.4 Å². The van der Waals surface area contributed by atoms with Crippen LogP contribution >= 0.6 is 0 Å². The van der Waals surface area contributed by atoms with Gasteiger partial charge in [0.25, 0.3) is 11.6 Å². The topological polar surface area (TPSA) is 92.2 Å². The minimum atomic E-state index is -0.493. The summed E-state index contributed by atoms with van der Waals surface area (Å²) in [7, 11) is 0. The summed E-state index contributed by atoms with van der Waals surface area (Å²) in [6.45, 7) is 3.80. The van der Waals surface area contributed by atoms with Crippen LogP contribution in [0.5, 0.6) is 0 Å². The first-order valence-corrected chi connectivity index (χ1v) is 9.58. The molecule has 2 aromatic carbocycles. The number of nitro benzene ring substituents is 1. The number of carbonyl (C=O) groups excluding carboxylic acids is 1. The first-order valence-electron chi connectivity index (χ1n) is 9.58. The molecule has 29 heavy (non-hydrogen) atoms. The minimum absolute atomic E-state index is 0.126. The standard InChI is InChI=1S/C22H20N4O3/c1-15-8-10-24(11-9-15)20-7-6-17(26(28)29)12-19(20)22(27)25-14-16(13-23)18-4-2-3-5-21(18)25/h2-7,12,14-15H,8-11H2,1H3. The van der Waals surface area contributed by atoms with Crippen molar-refractivity contribution in [3.05, 3.63) is 69.9 Å². The number of hydrogen-bond donors (Lipinski definition) is 0. The van der Waals surface area contributed by atoms with Crippen molar-refractivity contribution in [2.75, 3.05) is 18.0 Å². The first kappa shape index (κ1) is 18.7. The molecule has 4 rings (SSSR count). The van der Waals surface area contributed by atoms with E-state index in [1.54, 1.807) is 24.3 Å². The van der Waals surface area contributed by atoms with Crippen molar-refractivity contribution in [1.29, 1.82) is 5.26 Å². The molecule has 0 saturated carbocycles. The van der Waals surface area contributed by atoms with E-state index in [0.717, 1.165) is 25.9 Å². The largest absolute Gasteiger partial charge is 0.371 e. The van der Waals surface area contributed by atoms with Gasteiger partial charge in [-0.3, -0.25) is 19.5 Å². The number of rotatable bonds is 3. The fourth-order valence-electron chi connectivity index (χ4n) is 3.90. The van der Waals surface area contributed by atoms with Crippen LogP contribution in [-0.4, -0.2) is 28.5 Å². The number of fused-ring (bicyclic) bond motifs is 1. The predicted molar refractivity (Wildman–Crippen MR) is 110 cm³/mol. The molecule has 7 heteroatoms. The molecule has 0 N–H and O–H groups in total. The molecule has 1 aliphatic rings. The Bertz CT molecular complexity index is 1150.